The van der Waals surface area contributed by atoms with Gasteiger partial charge in [0.2, 0.25) is 0 Å². The van der Waals surface area contributed by atoms with Gasteiger partial charge in [0.25, 0.3) is 0 Å². The molecule has 0 aromatic heterocycles. The summed E-state index contributed by atoms with van der Waals surface area (Å²) < 4.78 is 0. The molecule has 4 rings (SSSR count). The predicted octanol–water partition coefficient (Wildman–Crippen LogP) is 4.35. The fraction of sp³-hybridized carbons (Fsp3) is 0.250. The van der Waals surface area contributed by atoms with E-state index in [9.17, 15) is 0 Å². The van der Waals surface area contributed by atoms with Crippen LogP contribution in [0.1, 0.15) is 11.1 Å². The molecule has 2 aliphatic rings. The summed E-state index contributed by atoms with van der Waals surface area (Å²) in [5, 5.41) is 4.70. The molecule has 1 unspecified atom stereocenters. The van der Waals surface area contributed by atoms with E-state index in [2.05, 4.69) is 34.5 Å². The van der Waals surface area contributed by atoms with Gasteiger partial charge in [-0.15, -0.1) is 0 Å². The molecule has 2 aromatic rings. The van der Waals surface area contributed by atoms with E-state index in [1.54, 1.807) is 0 Å². The molecule has 1 N–H and O–H groups in total. The normalized spacial score (nSPS) is 19.7. The molecule has 2 aliphatic heterocycles. The van der Waals surface area contributed by atoms with E-state index in [-0.39, 0.29) is 0 Å². The second-order valence-corrected chi connectivity index (χ2v) is 6.23. The van der Waals surface area contributed by atoms with E-state index < -0.39 is 0 Å². The molecular formula is C16H14Cl2N2. The lowest BCUT2D eigenvalue weighted by Gasteiger charge is -2.43. The minimum absolute atomic E-state index is 0.481. The molecule has 0 radical (unpaired) electrons. The number of nitrogens with one attached hydrogen (secondary N) is 1. The largest absolute Gasteiger partial charge is 0.381 e. The molecule has 2 aromatic carbocycles. The Hall–Kier alpha value is -1.38. The van der Waals surface area contributed by atoms with Crippen LogP contribution in [-0.4, -0.2) is 12.6 Å². The molecule has 0 saturated heterocycles. The van der Waals surface area contributed by atoms with E-state index in [1.165, 1.54) is 11.1 Å². The van der Waals surface area contributed by atoms with Gasteiger partial charge < -0.3 is 10.2 Å². The summed E-state index contributed by atoms with van der Waals surface area (Å²) in [6.45, 7) is 1.88. The van der Waals surface area contributed by atoms with E-state index in [1.807, 2.05) is 12.1 Å². The van der Waals surface area contributed by atoms with E-state index in [0.717, 1.165) is 30.9 Å². The Balaban J connectivity index is 1.80. The number of hydrogen-bond acceptors (Lipinski definition) is 2. The van der Waals surface area contributed by atoms with Gasteiger partial charge >= 0.3 is 0 Å². The van der Waals surface area contributed by atoms with Crippen molar-refractivity contribution >= 4 is 34.6 Å². The number of benzene rings is 2. The summed E-state index contributed by atoms with van der Waals surface area (Å²) in [4.78, 5) is 2.44. The van der Waals surface area contributed by atoms with Crippen LogP contribution in [0.3, 0.4) is 0 Å². The highest BCUT2D eigenvalue weighted by atomic mass is 35.5. The number of fused-ring (bicyclic) bond motifs is 4. The predicted molar refractivity (Wildman–Crippen MR) is 85.1 cm³/mol. The minimum atomic E-state index is 0.481. The molecule has 0 aliphatic carbocycles. The zero-order valence-corrected chi connectivity index (χ0v) is 12.4. The lowest BCUT2D eigenvalue weighted by atomic mass is 9.92. The van der Waals surface area contributed by atoms with Crippen LogP contribution in [0.5, 0.6) is 0 Å². The Bertz CT molecular complexity index is 684. The van der Waals surface area contributed by atoms with Crippen LogP contribution >= 0.6 is 23.2 Å². The third kappa shape index (κ3) is 1.87. The van der Waals surface area contributed by atoms with Crippen LogP contribution < -0.4 is 10.2 Å². The smallest absolute Gasteiger partial charge is 0.0624 e. The van der Waals surface area contributed by atoms with Crippen molar-refractivity contribution in [3.63, 3.8) is 0 Å². The van der Waals surface area contributed by atoms with E-state index >= 15 is 0 Å². The van der Waals surface area contributed by atoms with Gasteiger partial charge in [-0.1, -0.05) is 47.5 Å². The van der Waals surface area contributed by atoms with Gasteiger partial charge in [0.15, 0.2) is 0 Å². The second-order valence-electron chi connectivity index (χ2n) is 5.42. The first-order chi connectivity index (χ1) is 9.72. The lowest BCUT2D eigenvalue weighted by molar-refractivity contribution is 0.562. The molecule has 1 atom stereocenters. The molecule has 0 saturated carbocycles. The first-order valence-electron chi connectivity index (χ1n) is 6.79. The fourth-order valence-electron chi connectivity index (χ4n) is 3.20. The molecule has 0 amide bonds. The first-order valence-corrected chi connectivity index (χ1v) is 7.54. The van der Waals surface area contributed by atoms with E-state index in [4.69, 9.17) is 23.2 Å². The Morgan fingerprint density at radius 2 is 1.80 bits per heavy atom. The van der Waals surface area contributed by atoms with Crippen LogP contribution in [-0.2, 0) is 13.0 Å². The van der Waals surface area contributed by atoms with Crippen LogP contribution in [0.25, 0.3) is 0 Å². The fourth-order valence-corrected chi connectivity index (χ4v) is 3.52. The zero-order chi connectivity index (χ0) is 13.7. The zero-order valence-electron chi connectivity index (χ0n) is 10.9. The third-order valence-electron chi connectivity index (χ3n) is 4.23. The number of nitrogens with zero attached hydrogens (tertiary/aromatic N) is 1. The Morgan fingerprint density at radius 3 is 2.65 bits per heavy atom. The minimum Gasteiger partial charge on any atom is -0.381 e. The number of rotatable bonds is 0. The molecule has 2 nitrogen and oxygen atoms in total. The highest BCUT2D eigenvalue weighted by Gasteiger charge is 2.31. The molecule has 4 heteroatoms. The highest BCUT2D eigenvalue weighted by Crippen LogP contribution is 2.41. The van der Waals surface area contributed by atoms with Crippen LogP contribution in [0, 0.1) is 0 Å². The Labute approximate surface area is 128 Å². The van der Waals surface area contributed by atoms with Gasteiger partial charge in [0.05, 0.1) is 27.5 Å². The monoisotopic (exact) mass is 304 g/mol. The van der Waals surface area contributed by atoms with Crippen molar-refractivity contribution in [3.8, 4) is 0 Å². The van der Waals surface area contributed by atoms with Gasteiger partial charge in [-0.3, -0.25) is 0 Å². The average Bonchev–Trinajstić information content (AvgIpc) is 2.47. The van der Waals surface area contributed by atoms with Gasteiger partial charge in [0.1, 0.15) is 0 Å². The SMILES string of the molecule is Clc1cc2c(cc1Cl)N1Cc3ccccc3CC1CN2. The van der Waals surface area contributed by atoms with Crippen molar-refractivity contribution in [1.82, 2.24) is 0 Å². The highest BCUT2D eigenvalue weighted by molar-refractivity contribution is 6.42. The van der Waals surface area contributed by atoms with Crippen molar-refractivity contribution in [3.05, 3.63) is 57.6 Å². The van der Waals surface area contributed by atoms with Crippen LogP contribution in [0.15, 0.2) is 36.4 Å². The van der Waals surface area contributed by atoms with Crippen molar-refractivity contribution in [2.45, 2.75) is 19.0 Å². The quantitative estimate of drug-likeness (QED) is 0.778. The van der Waals surface area contributed by atoms with Crippen LogP contribution in [0.2, 0.25) is 10.0 Å². The maximum Gasteiger partial charge on any atom is 0.0624 e. The molecule has 2 heterocycles. The lowest BCUT2D eigenvalue weighted by Crippen LogP contribution is -2.47. The topological polar surface area (TPSA) is 15.3 Å². The molecule has 0 fully saturated rings. The van der Waals surface area contributed by atoms with Gasteiger partial charge in [-0.25, -0.2) is 0 Å². The third-order valence-corrected chi connectivity index (χ3v) is 4.95. The van der Waals surface area contributed by atoms with Crippen LogP contribution in [0.4, 0.5) is 11.4 Å². The standard InChI is InChI=1S/C16H14Cl2N2/c17-13-6-15-16(7-14(13)18)20-9-11-4-2-1-3-10(11)5-12(20)8-19-15/h1-4,6-7,12,19H,5,8-9H2. The van der Waals surface area contributed by atoms with Gasteiger partial charge in [-0.05, 0) is 29.7 Å². The second kappa shape index (κ2) is 4.57. The summed E-state index contributed by atoms with van der Waals surface area (Å²) in [6, 6.07) is 13.1. The van der Waals surface area contributed by atoms with Crippen molar-refractivity contribution < 1.29 is 0 Å². The van der Waals surface area contributed by atoms with Crippen molar-refractivity contribution in [1.29, 1.82) is 0 Å². The first kappa shape index (κ1) is 12.4. The summed E-state index contributed by atoms with van der Waals surface area (Å²) in [6.07, 6.45) is 1.07. The molecular weight excluding hydrogens is 291 g/mol. The number of halogens is 2. The molecule has 102 valence electrons. The molecule has 20 heavy (non-hydrogen) atoms. The molecule has 0 bridgehead atoms. The maximum atomic E-state index is 6.19. The van der Waals surface area contributed by atoms with Gasteiger partial charge in [-0.2, -0.15) is 0 Å². The average molecular weight is 305 g/mol. The molecule has 0 spiro atoms. The van der Waals surface area contributed by atoms with Crippen molar-refractivity contribution in [2.24, 2.45) is 0 Å². The summed E-state index contributed by atoms with van der Waals surface area (Å²) >= 11 is 12.3. The summed E-state index contributed by atoms with van der Waals surface area (Å²) in [7, 11) is 0. The van der Waals surface area contributed by atoms with Crippen molar-refractivity contribution in [2.75, 3.05) is 16.8 Å². The van der Waals surface area contributed by atoms with E-state index in [0.29, 0.717) is 16.1 Å². The Kier molecular flexibility index (Phi) is 2.83. The maximum absolute atomic E-state index is 6.19. The van der Waals surface area contributed by atoms with Gasteiger partial charge in [0, 0.05) is 13.1 Å². The number of anilines is 2. The summed E-state index contributed by atoms with van der Waals surface area (Å²) in [5.74, 6) is 0. The summed E-state index contributed by atoms with van der Waals surface area (Å²) in [5.41, 5.74) is 5.10. The Morgan fingerprint density at radius 1 is 1.05 bits per heavy atom. The number of hydrogen-bond donors (Lipinski definition) is 1.